The highest BCUT2D eigenvalue weighted by Gasteiger charge is 2.27. The number of primary sulfonamides is 1. The Morgan fingerprint density at radius 2 is 2.00 bits per heavy atom. The largest absolute Gasteiger partial charge is 0.315 e. The van der Waals surface area contributed by atoms with E-state index in [1.807, 2.05) is 0 Å². The van der Waals surface area contributed by atoms with Gasteiger partial charge in [0.25, 0.3) is 0 Å². The van der Waals surface area contributed by atoms with Crippen molar-refractivity contribution in [2.24, 2.45) is 5.14 Å². The monoisotopic (exact) mass is 271 g/mol. The lowest BCUT2D eigenvalue weighted by atomic mass is 10.4. The number of nitrogens with one attached hydrogen (secondary N) is 2. The molecule has 1 saturated heterocycles. The predicted molar refractivity (Wildman–Crippen MR) is 60.8 cm³/mol. The van der Waals surface area contributed by atoms with Gasteiger partial charge in [-0.1, -0.05) is 0 Å². The molecule has 1 heterocycles. The van der Waals surface area contributed by atoms with Crippen LogP contribution >= 0.6 is 0 Å². The van der Waals surface area contributed by atoms with Crippen molar-refractivity contribution in [3.8, 4) is 0 Å². The standard InChI is InChI=1S/C7H17N3O4S2/c8-15(11,12)5-1-3-10-16(13,14)7-2-4-9-6-7/h7,9-10H,1-6H2,(H2,8,11,12). The molecule has 1 fully saturated rings. The van der Waals surface area contributed by atoms with Crippen molar-refractivity contribution >= 4 is 20.0 Å². The van der Waals surface area contributed by atoms with E-state index in [2.05, 4.69) is 10.0 Å². The summed E-state index contributed by atoms with van der Waals surface area (Å²) in [6.07, 6.45) is 0.780. The molecule has 96 valence electrons. The first-order chi connectivity index (χ1) is 7.31. The SMILES string of the molecule is NS(=O)(=O)CCCNS(=O)(=O)C1CCNC1. The van der Waals surface area contributed by atoms with Crippen LogP contribution in [0.2, 0.25) is 0 Å². The summed E-state index contributed by atoms with van der Waals surface area (Å²) in [5.74, 6) is -0.210. The second-order valence-corrected chi connectivity index (χ2v) is 7.55. The molecular formula is C7H17N3O4S2. The fourth-order valence-corrected chi connectivity index (χ4v) is 3.48. The van der Waals surface area contributed by atoms with Gasteiger partial charge >= 0.3 is 0 Å². The van der Waals surface area contributed by atoms with Crippen LogP contribution in [0, 0.1) is 0 Å². The Bertz CT molecular complexity index is 411. The molecule has 0 aromatic rings. The Morgan fingerprint density at radius 3 is 2.50 bits per heavy atom. The molecule has 0 spiro atoms. The Balaban J connectivity index is 2.31. The maximum absolute atomic E-state index is 11.6. The van der Waals surface area contributed by atoms with Crippen LogP contribution in [0.5, 0.6) is 0 Å². The van der Waals surface area contributed by atoms with E-state index in [0.29, 0.717) is 19.5 Å². The number of hydrogen-bond acceptors (Lipinski definition) is 5. The zero-order chi connectivity index (χ0) is 12.2. The van der Waals surface area contributed by atoms with Crippen LogP contribution < -0.4 is 15.2 Å². The van der Waals surface area contributed by atoms with Crippen molar-refractivity contribution in [3.05, 3.63) is 0 Å². The number of nitrogens with two attached hydrogens (primary N) is 1. The summed E-state index contributed by atoms with van der Waals surface area (Å²) in [5.41, 5.74) is 0. The first kappa shape index (κ1) is 13.8. The molecule has 1 atom stereocenters. The molecule has 1 rings (SSSR count). The molecule has 0 radical (unpaired) electrons. The third-order valence-corrected chi connectivity index (χ3v) is 5.11. The molecule has 0 saturated carbocycles. The molecule has 1 unspecified atom stereocenters. The molecule has 0 aromatic heterocycles. The fraction of sp³-hybridized carbons (Fsp3) is 1.00. The van der Waals surface area contributed by atoms with E-state index >= 15 is 0 Å². The Labute approximate surface area is 95.9 Å². The van der Waals surface area contributed by atoms with Crippen molar-refractivity contribution in [2.75, 3.05) is 25.4 Å². The summed E-state index contributed by atoms with van der Waals surface area (Å²) in [7, 11) is -6.83. The Hall–Kier alpha value is -0.220. The van der Waals surface area contributed by atoms with Gasteiger partial charge in [0.1, 0.15) is 0 Å². The summed E-state index contributed by atoms with van der Waals surface area (Å²) in [6.45, 7) is 1.25. The maximum atomic E-state index is 11.6. The van der Waals surface area contributed by atoms with E-state index in [9.17, 15) is 16.8 Å². The summed E-state index contributed by atoms with van der Waals surface area (Å²) in [6, 6.07) is 0. The fourth-order valence-electron chi connectivity index (χ4n) is 1.50. The second kappa shape index (κ2) is 5.41. The molecule has 7 nitrogen and oxygen atoms in total. The highest BCUT2D eigenvalue weighted by molar-refractivity contribution is 7.90. The van der Waals surface area contributed by atoms with Crippen molar-refractivity contribution in [3.63, 3.8) is 0 Å². The van der Waals surface area contributed by atoms with E-state index in [0.717, 1.165) is 0 Å². The van der Waals surface area contributed by atoms with Gasteiger partial charge < -0.3 is 5.32 Å². The minimum atomic E-state index is -3.51. The average molecular weight is 271 g/mol. The number of hydrogen-bond donors (Lipinski definition) is 3. The first-order valence-electron chi connectivity index (χ1n) is 5.01. The minimum absolute atomic E-state index is 0.106. The first-order valence-corrected chi connectivity index (χ1v) is 8.27. The van der Waals surface area contributed by atoms with Crippen LogP contribution in [-0.4, -0.2) is 47.5 Å². The Kier molecular flexibility index (Phi) is 4.68. The lowest BCUT2D eigenvalue weighted by molar-refractivity contribution is 0.565. The van der Waals surface area contributed by atoms with Crippen LogP contribution in [0.15, 0.2) is 0 Å². The maximum Gasteiger partial charge on any atom is 0.215 e. The van der Waals surface area contributed by atoms with Gasteiger partial charge in [-0.15, -0.1) is 0 Å². The third-order valence-electron chi connectivity index (χ3n) is 2.36. The molecule has 16 heavy (non-hydrogen) atoms. The average Bonchev–Trinajstić information content (AvgIpc) is 2.64. The topological polar surface area (TPSA) is 118 Å². The van der Waals surface area contributed by atoms with Crippen molar-refractivity contribution in [1.29, 1.82) is 0 Å². The molecule has 0 bridgehead atoms. The van der Waals surface area contributed by atoms with E-state index in [-0.39, 0.29) is 18.7 Å². The van der Waals surface area contributed by atoms with Gasteiger partial charge in [0.15, 0.2) is 0 Å². The smallest absolute Gasteiger partial charge is 0.215 e. The van der Waals surface area contributed by atoms with Crippen LogP contribution in [0.1, 0.15) is 12.8 Å². The highest BCUT2D eigenvalue weighted by Crippen LogP contribution is 2.07. The molecule has 4 N–H and O–H groups in total. The lowest BCUT2D eigenvalue weighted by Crippen LogP contribution is -2.36. The molecular weight excluding hydrogens is 254 g/mol. The van der Waals surface area contributed by atoms with Gasteiger partial charge in [0.05, 0.1) is 11.0 Å². The quantitative estimate of drug-likeness (QED) is 0.480. The van der Waals surface area contributed by atoms with Crippen LogP contribution in [0.3, 0.4) is 0 Å². The van der Waals surface area contributed by atoms with Crippen LogP contribution in [-0.2, 0) is 20.0 Å². The molecule has 0 amide bonds. The Morgan fingerprint density at radius 1 is 1.31 bits per heavy atom. The third kappa shape index (κ3) is 4.74. The number of sulfonamides is 2. The summed E-state index contributed by atoms with van der Waals surface area (Å²) in [5, 5.41) is 7.34. The van der Waals surface area contributed by atoms with E-state index < -0.39 is 25.3 Å². The van der Waals surface area contributed by atoms with Crippen LogP contribution in [0.4, 0.5) is 0 Å². The second-order valence-electron chi connectivity index (χ2n) is 3.77. The van der Waals surface area contributed by atoms with E-state index in [4.69, 9.17) is 5.14 Å². The summed E-state index contributed by atoms with van der Waals surface area (Å²) in [4.78, 5) is 0. The van der Waals surface area contributed by atoms with Crippen molar-refractivity contribution in [2.45, 2.75) is 18.1 Å². The molecule has 1 aliphatic heterocycles. The van der Waals surface area contributed by atoms with Gasteiger partial charge in [-0.25, -0.2) is 26.7 Å². The number of rotatable bonds is 6. The molecule has 9 heteroatoms. The van der Waals surface area contributed by atoms with Gasteiger partial charge in [-0.2, -0.15) is 0 Å². The van der Waals surface area contributed by atoms with Crippen LogP contribution in [0.25, 0.3) is 0 Å². The summed E-state index contributed by atoms with van der Waals surface area (Å²) >= 11 is 0. The van der Waals surface area contributed by atoms with Gasteiger partial charge in [-0.05, 0) is 19.4 Å². The lowest BCUT2D eigenvalue weighted by Gasteiger charge is -2.11. The zero-order valence-corrected chi connectivity index (χ0v) is 10.5. The normalized spacial score (nSPS) is 22.4. The van der Waals surface area contributed by atoms with Gasteiger partial charge in [0.2, 0.25) is 20.0 Å². The highest BCUT2D eigenvalue weighted by atomic mass is 32.2. The molecule has 0 aromatic carbocycles. The van der Waals surface area contributed by atoms with E-state index in [1.165, 1.54) is 0 Å². The van der Waals surface area contributed by atoms with Crippen molar-refractivity contribution in [1.82, 2.24) is 10.0 Å². The van der Waals surface area contributed by atoms with Gasteiger partial charge in [-0.3, -0.25) is 0 Å². The predicted octanol–water partition coefficient (Wildman–Crippen LogP) is -2.05. The minimum Gasteiger partial charge on any atom is -0.315 e. The van der Waals surface area contributed by atoms with Crippen molar-refractivity contribution < 1.29 is 16.8 Å². The van der Waals surface area contributed by atoms with E-state index in [1.54, 1.807) is 0 Å². The zero-order valence-electron chi connectivity index (χ0n) is 8.85. The summed E-state index contributed by atoms with van der Waals surface area (Å²) < 4.78 is 46.8. The van der Waals surface area contributed by atoms with Gasteiger partial charge in [0, 0.05) is 13.1 Å². The molecule has 1 aliphatic rings. The molecule has 0 aliphatic carbocycles.